The Labute approximate surface area is 109 Å². The topological polar surface area (TPSA) is 49.8 Å². The van der Waals surface area contributed by atoms with Crippen molar-refractivity contribution in [2.45, 2.75) is 31.2 Å². The molecule has 0 bridgehead atoms. The van der Waals surface area contributed by atoms with E-state index in [1.54, 1.807) is 6.08 Å². The molecule has 1 saturated heterocycles. The zero-order chi connectivity index (χ0) is 13.4. The van der Waals surface area contributed by atoms with Crippen LogP contribution >= 0.6 is 0 Å². The maximum absolute atomic E-state index is 11.1. The van der Waals surface area contributed by atoms with Crippen molar-refractivity contribution in [2.24, 2.45) is 0 Å². The lowest BCUT2D eigenvalue weighted by molar-refractivity contribution is -0.140. The Morgan fingerprint density at radius 3 is 2.56 bits per heavy atom. The van der Waals surface area contributed by atoms with Gasteiger partial charge in [0, 0.05) is 18.6 Å². The number of hydrogen-bond acceptors (Lipinski definition) is 3. The first kappa shape index (κ1) is 14.9. The molecule has 0 aromatic carbocycles. The Morgan fingerprint density at radius 1 is 1.39 bits per heavy atom. The lowest BCUT2D eigenvalue weighted by Crippen LogP contribution is -2.53. The number of aliphatic carboxylic acids is 1. The van der Waals surface area contributed by atoms with Crippen molar-refractivity contribution >= 4 is 5.97 Å². The monoisotopic (exact) mass is 253 g/mol. The van der Waals surface area contributed by atoms with E-state index in [-0.39, 0.29) is 6.42 Å². The number of allylic oxidation sites excluding steroid dienone is 1. The summed E-state index contributed by atoms with van der Waals surface area (Å²) in [5.41, 5.74) is -0.446. The van der Waals surface area contributed by atoms with Gasteiger partial charge in [0.25, 0.3) is 0 Å². The molecule has 1 heterocycles. The Hall–Kier alpha value is -1.13. The van der Waals surface area contributed by atoms with Gasteiger partial charge in [-0.15, -0.1) is 13.2 Å². The van der Waals surface area contributed by atoms with Crippen LogP contribution in [0.15, 0.2) is 25.3 Å². The first-order valence-corrected chi connectivity index (χ1v) is 6.44. The fourth-order valence-electron chi connectivity index (χ4n) is 2.48. The third-order valence-electron chi connectivity index (χ3n) is 3.50. The average Bonchev–Trinajstić information content (AvgIpc) is 2.38. The van der Waals surface area contributed by atoms with Crippen molar-refractivity contribution in [3.63, 3.8) is 0 Å². The van der Waals surface area contributed by atoms with Gasteiger partial charge in [0.2, 0.25) is 0 Å². The zero-order valence-electron chi connectivity index (χ0n) is 10.9. The maximum atomic E-state index is 11.1. The standard InChI is InChI=1S/C14H23NO3/c1-3-5-6-7-14(4-2,12-13(16)17)15-8-10-18-11-9-15/h3-4H,1-2,5-12H2,(H,16,17). The number of nitrogens with zero attached hydrogens (tertiary/aromatic N) is 1. The van der Waals surface area contributed by atoms with Crippen LogP contribution in [0, 0.1) is 0 Å². The largest absolute Gasteiger partial charge is 0.481 e. The predicted octanol–water partition coefficient (Wildman–Crippen LogP) is 2.07. The molecule has 1 rings (SSSR count). The number of morpholine rings is 1. The van der Waals surface area contributed by atoms with Crippen molar-refractivity contribution < 1.29 is 14.6 Å². The van der Waals surface area contributed by atoms with Crippen LogP contribution in [0.4, 0.5) is 0 Å². The van der Waals surface area contributed by atoms with Crippen LogP contribution in [-0.2, 0) is 9.53 Å². The molecule has 0 radical (unpaired) electrons. The fourth-order valence-corrected chi connectivity index (χ4v) is 2.48. The minimum absolute atomic E-state index is 0.105. The van der Waals surface area contributed by atoms with Gasteiger partial charge in [-0.1, -0.05) is 12.2 Å². The molecule has 0 spiro atoms. The molecule has 4 heteroatoms. The number of hydrogen-bond donors (Lipinski definition) is 1. The van der Waals surface area contributed by atoms with Crippen molar-refractivity contribution in [3.8, 4) is 0 Å². The van der Waals surface area contributed by atoms with E-state index in [1.165, 1.54) is 0 Å². The molecule has 1 atom stereocenters. The molecule has 0 amide bonds. The first-order chi connectivity index (χ1) is 8.64. The summed E-state index contributed by atoms with van der Waals surface area (Å²) >= 11 is 0. The Bertz CT molecular complexity index is 297. The number of carboxylic acids is 1. The lowest BCUT2D eigenvalue weighted by atomic mass is 9.86. The summed E-state index contributed by atoms with van der Waals surface area (Å²) in [6.45, 7) is 10.4. The fraction of sp³-hybridized carbons (Fsp3) is 0.643. The van der Waals surface area contributed by atoms with E-state index in [0.29, 0.717) is 13.2 Å². The van der Waals surface area contributed by atoms with E-state index >= 15 is 0 Å². The summed E-state index contributed by atoms with van der Waals surface area (Å²) in [4.78, 5) is 13.3. The summed E-state index contributed by atoms with van der Waals surface area (Å²) in [7, 11) is 0. The molecule has 1 fully saturated rings. The van der Waals surface area contributed by atoms with Crippen LogP contribution in [0.2, 0.25) is 0 Å². The van der Waals surface area contributed by atoms with Crippen LogP contribution in [0.1, 0.15) is 25.7 Å². The van der Waals surface area contributed by atoms with Gasteiger partial charge in [0.05, 0.1) is 19.6 Å². The first-order valence-electron chi connectivity index (χ1n) is 6.44. The lowest BCUT2D eigenvalue weighted by Gasteiger charge is -2.43. The maximum Gasteiger partial charge on any atom is 0.305 e. The molecule has 18 heavy (non-hydrogen) atoms. The minimum Gasteiger partial charge on any atom is -0.481 e. The molecule has 1 N–H and O–H groups in total. The smallest absolute Gasteiger partial charge is 0.305 e. The molecule has 1 aliphatic rings. The van der Waals surface area contributed by atoms with E-state index in [2.05, 4.69) is 18.1 Å². The summed E-state index contributed by atoms with van der Waals surface area (Å²) in [5, 5.41) is 9.14. The minimum atomic E-state index is -0.778. The van der Waals surface area contributed by atoms with E-state index in [1.807, 2.05) is 6.08 Å². The third kappa shape index (κ3) is 3.96. The second kappa shape index (κ2) is 7.34. The van der Waals surface area contributed by atoms with Crippen molar-refractivity contribution in [1.82, 2.24) is 4.90 Å². The van der Waals surface area contributed by atoms with Gasteiger partial charge in [-0.2, -0.15) is 0 Å². The molecule has 4 nitrogen and oxygen atoms in total. The van der Waals surface area contributed by atoms with Gasteiger partial charge < -0.3 is 9.84 Å². The van der Waals surface area contributed by atoms with Gasteiger partial charge in [0.1, 0.15) is 0 Å². The predicted molar refractivity (Wildman–Crippen MR) is 71.6 cm³/mol. The molecule has 102 valence electrons. The molecular formula is C14H23NO3. The summed E-state index contributed by atoms with van der Waals surface area (Å²) in [6, 6.07) is 0. The molecule has 0 aromatic heterocycles. The Kier molecular flexibility index (Phi) is 6.09. The average molecular weight is 253 g/mol. The summed E-state index contributed by atoms with van der Waals surface area (Å²) in [5.74, 6) is -0.778. The van der Waals surface area contributed by atoms with E-state index in [4.69, 9.17) is 9.84 Å². The van der Waals surface area contributed by atoms with Gasteiger partial charge in [-0.3, -0.25) is 9.69 Å². The Balaban J connectivity index is 2.77. The van der Waals surface area contributed by atoms with E-state index in [9.17, 15) is 4.79 Å². The van der Waals surface area contributed by atoms with E-state index < -0.39 is 11.5 Å². The van der Waals surface area contributed by atoms with Crippen molar-refractivity contribution in [1.29, 1.82) is 0 Å². The molecule has 0 aromatic rings. The highest BCUT2D eigenvalue weighted by atomic mass is 16.5. The number of unbranched alkanes of at least 4 members (excludes halogenated alkanes) is 1. The van der Waals surface area contributed by atoms with Crippen LogP contribution in [0.25, 0.3) is 0 Å². The Morgan fingerprint density at radius 2 is 2.06 bits per heavy atom. The zero-order valence-corrected chi connectivity index (χ0v) is 10.9. The van der Waals surface area contributed by atoms with Crippen molar-refractivity contribution in [2.75, 3.05) is 26.3 Å². The summed E-state index contributed by atoms with van der Waals surface area (Å²) in [6.07, 6.45) is 6.41. The highest BCUT2D eigenvalue weighted by molar-refractivity contribution is 5.69. The number of rotatable bonds is 8. The van der Waals surface area contributed by atoms with Crippen molar-refractivity contribution in [3.05, 3.63) is 25.3 Å². The second-order valence-electron chi connectivity index (χ2n) is 4.66. The second-order valence-corrected chi connectivity index (χ2v) is 4.66. The number of ether oxygens (including phenoxy) is 1. The van der Waals surface area contributed by atoms with Gasteiger partial charge in [-0.05, 0) is 19.3 Å². The molecule has 1 unspecified atom stereocenters. The van der Waals surface area contributed by atoms with Crippen LogP contribution in [-0.4, -0.2) is 47.8 Å². The SMILES string of the molecule is C=CCCCC(C=C)(CC(=O)O)N1CCOCC1. The van der Waals surface area contributed by atoms with Crippen LogP contribution in [0.5, 0.6) is 0 Å². The van der Waals surface area contributed by atoms with Gasteiger partial charge in [0.15, 0.2) is 0 Å². The van der Waals surface area contributed by atoms with Crippen LogP contribution in [0.3, 0.4) is 0 Å². The van der Waals surface area contributed by atoms with E-state index in [0.717, 1.165) is 32.4 Å². The highest BCUT2D eigenvalue weighted by Gasteiger charge is 2.36. The van der Waals surface area contributed by atoms with Crippen LogP contribution < -0.4 is 0 Å². The molecule has 0 saturated carbocycles. The molecule has 1 aliphatic heterocycles. The van der Waals surface area contributed by atoms with Gasteiger partial charge in [-0.25, -0.2) is 0 Å². The number of carbonyl (C=O) groups is 1. The third-order valence-corrected chi connectivity index (χ3v) is 3.50. The molecular weight excluding hydrogens is 230 g/mol. The van der Waals surface area contributed by atoms with Gasteiger partial charge >= 0.3 is 5.97 Å². The quantitative estimate of drug-likeness (QED) is 0.531. The normalized spacial score (nSPS) is 20.0. The summed E-state index contributed by atoms with van der Waals surface area (Å²) < 4.78 is 5.33. The molecule has 0 aliphatic carbocycles. The highest BCUT2D eigenvalue weighted by Crippen LogP contribution is 2.29. The number of carboxylic acid groups (broad SMARTS) is 1.